The van der Waals surface area contributed by atoms with Crippen LogP contribution in [0.1, 0.15) is 23.8 Å². The molecule has 0 aliphatic carbocycles. The second-order valence-electron chi connectivity index (χ2n) is 4.27. The maximum absolute atomic E-state index is 5.95. The van der Waals surface area contributed by atoms with E-state index in [9.17, 15) is 0 Å². The second-order valence-corrected chi connectivity index (χ2v) is 6.07. The number of nitrogens with zero attached hydrogens (tertiary/aromatic N) is 1. The van der Waals surface area contributed by atoms with Gasteiger partial charge in [0.1, 0.15) is 0 Å². The van der Waals surface area contributed by atoms with E-state index in [1.165, 1.54) is 10.4 Å². The van der Waals surface area contributed by atoms with Crippen molar-refractivity contribution >= 4 is 22.9 Å². The fourth-order valence-electron chi connectivity index (χ4n) is 1.77. The van der Waals surface area contributed by atoms with Gasteiger partial charge in [-0.25, -0.2) is 0 Å². The van der Waals surface area contributed by atoms with E-state index in [1.54, 1.807) is 11.3 Å². The molecule has 0 amide bonds. The van der Waals surface area contributed by atoms with Crippen LogP contribution in [0.4, 0.5) is 0 Å². The van der Waals surface area contributed by atoms with Crippen molar-refractivity contribution in [3.8, 4) is 0 Å². The van der Waals surface area contributed by atoms with Crippen LogP contribution in [-0.2, 0) is 13.0 Å². The summed E-state index contributed by atoms with van der Waals surface area (Å²) in [6, 6.07) is 6.43. The molecule has 0 aromatic carbocycles. The van der Waals surface area contributed by atoms with Crippen LogP contribution in [0.25, 0.3) is 0 Å². The van der Waals surface area contributed by atoms with Gasteiger partial charge < -0.3 is 10.3 Å². The first-order valence-electron chi connectivity index (χ1n) is 5.82. The molecule has 92 valence electrons. The van der Waals surface area contributed by atoms with Crippen molar-refractivity contribution in [1.29, 1.82) is 0 Å². The molecule has 0 bridgehead atoms. The van der Waals surface area contributed by atoms with Crippen LogP contribution in [0.2, 0.25) is 4.34 Å². The van der Waals surface area contributed by atoms with Gasteiger partial charge in [-0.1, -0.05) is 18.5 Å². The lowest BCUT2D eigenvalue weighted by molar-refractivity contribution is 0.645. The molecule has 2 aromatic heterocycles. The molecule has 2 rings (SSSR count). The van der Waals surface area contributed by atoms with Gasteiger partial charge in [-0.3, -0.25) is 0 Å². The summed E-state index contributed by atoms with van der Waals surface area (Å²) in [5.41, 5.74) is 7.25. The SMILES string of the molecule is CCC(N)Cc1ccn(Cc2ccc(Cl)s2)c1. The fraction of sp³-hybridized carbons (Fsp3) is 0.385. The Kier molecular flexibility index (Phi) is 4.26. The highest BCUT2D eigenvalue weighted by molar-refractivity contribution is 7.16. The third-order valence-electron chi connectivity index (χ3n) is 2.80. The minimum absolute atomic E-state index is 0.266. The monoisotopic (exact) mass is 268 g/mol. The summed E-state index contributed by atoms with van der Waals surface area (Å²) < 4.78 is 3.03. The van der Waals surface area contributed by atoms with E-state index in [-0.39, 0.29) is 6.04 Å². The van der Waals surface area contributed by atoms with Crippen LogP contribution in [0.5, 0.6) is 0 Å². The largest absolute Gasteiger partial charge is 0.349 e. The highest BCUT2D eigenvalue weighted by Crippen LogP contribution is 2.22. The van der Waals surface area contributed by atoms with Gasteiger partial charge in [0.05, 0.1) is 10.9 Å². The molecule has 2 heterocycles. The summed E-state index contributed by atoms with van der Waals surface area (Å²) in [5.74, 6) is 0. The summed E-state index contributed by atoms with van der Waals surface area (Å²) in [4.78, 5) is 1.27. The lowest BCUT2D eigenvalue weighted by atomic mass is 10.1. The highest BCUT2D eigenvalue weighted by atomic mass is 35.5. The number of halogens is 1. The lowest BCUT2D eigenvalue weighted by Crippen LogP contribution is -2.21. The van der Waals surface area contributed by atoms with Crippen molar-refractivity contribution in [2.24, 2.45) is 5.73 Å². The van der Waals surface area contributed by atoms with Gasteiger partial charge in [0.15, 0.2) is 0 Å². The molecule has 17 heavy (non-hydrogen) atoms. The molecule has 0 aliphatic heterocycles. The van der Waals surface area contributed by atoms with Gasteiger partial charge in [0.25, 0.3) is 0 Å². The Morgan fingerprint density at radius 1 is 1.41 bits per heavy atom. The first-order chi connectivity index (χ1) is 8.17. The molecule has 0 saturated carbocycles. The quantitative estimate of drug-likeness (QED) is 0.884. The average molecular weight is 269 g/mol. The molecule has 0 spiro atoms. The predicted octanol–water partition coefficient (Wildman–Crippen LogP) is 3.53. The number of aromatic nitrogens is 1. The number of nitrogens with two attached hydrogens (primary N) is 1. The molecule has 0 saturated heterocycles. The predicted molar refractivity (Wildman–Crippen MR) is 74.8 cm³/mol. The molecule has 1 atom stereocenters. The van der Waals surface area contributed by atoms with Crippen LogP contribution < -0.4 is 5.73 Å². The van der Waals surface area contributed by atoms with E-state index < -0.39 is 0 Å². The van der Waals surface area contributed by atoms with Crippen molar-refractivity contribution in [1.82, 2.24) is 4.57 Å². The van der Waals surface area contributed by atoms with Crippen LogP contribution in [-0.4, -0.2) is 10.6 Å². The standard InChI is InChI=1S/C13H17ClN2S/c1-2-11(15)7-10-5-6-16(8-10)9-12-3-4-13(14)17-12/h3-6,8,11H,2,7,9,15H2,1H3. The van der Waals surface area contributed by atoms with Gasteiger partial charge >= 0.3 is 0 Å². The van der Waals surface area contributed by atoms with Gasteiger partial charge in [-0.05, 0) is 36.6 Å². The van der Waals surface area contributed by atoms with Crippen LogP contribution in [0.3, 0.4) is 0 Å². The van der Waals surface area contributed by atoms with E-state index in [4.69, 9.17) is 17.3 Å². The molecule has 0 radical (unpaired) electrons. The Labute approximate surface area is 111 Å². The van der Waals surface area contributed by atoms with Gasteiger partial charge in [-0.15, -0.1) is 11.3 Å². The van der Waals surface area contributed by atoms with Crippen LogP contribution in [0, 0.1) is 0 Å². The maximum atomic E-state index is 5.95. The van der Waals surface area contributed by atoms with Crippen molar-refractivity contribution in [2.75, 3.05) is 0 Å². The molecule has 4 heteroatoms. The lowest BCUT2D eigenvalue weighted by Gasteiger charge is -2.05. The van der Waals surface area contributed by atoms with Crippen molar-refractivity contribution < 1.29 is 0 Å². The van der Waals surface area contributed by atoms with E-state index >= 15 is 0 Å². The highest BCUT2D eigenvalue weighted by Gasteiger charge is 2.04. The summed E-state index contributed by atoms with van der Waals surface area (Å²) in [6.07, 6.45) is 6.24. The zero-order valence-electron chi connectivity index (χ0n) is 9.90. The number of hydrogen-bond donors (Lipinski definition) is 1. The molecule has 2 N–H and O–H groups in total. The molecule has 2 aromatic rings. The number of thiophene rings is 1. The second kappa shape index (κ2) is 5.71. The van der Waals surface area contributed by atoms with Crippen molar-refractivity contribution in [2.45, 2.75) is 32.4 Å². The Bertz CT molecular complexity index is 475. The summed E-state index contributed by atoms with van der Waals surface area (Å²) in [6.45, 7) is 3.01. The smallest absolute Gasteiger partial charge is 0.0931 e. The van der Waals surface area contributed by atoms with Crippen LogP contribution >= 0.6 is 22.9 Å². The van der Waals surface area contributed by atoms with E-state index in [0.717, 1.165) is 23.7 Å². The fourth-order valence-corrected chi connectivity index (χ4v) is 2.87. The Morgan fingerprint density at radius 2 is 2.24 bits per heavy atom. The van der Waals surface area contributed by atoms with Gasteiger partial charge in [-0.2, -0.15) is 0 Å². The summed E-state index contributed by atoms with van der Waals surface area (Å²) in [7, 11) is 0. The zero-order chi connectivity index (χ0) is 12.3. The average Bonchev–Trinajstić information content (AvgIpc) is 2.89. The normalized spacial score (nSPS) is 12.9. The van der Waals surface area contributed by atoms with Crippen LogP contribution in [0.15, 0.2) is 30.6 Å². The molecule has 0 fully saturated rings. The number of hydrogen-bond acceptors (Lipinski definition) is 2. The number of rotatable bonds is 5. The molecule has 0 aliphatic rings. The van der Waals surface area contributed by atoms with Gasteiger partial charge in [0.2, 0.25) is 0 Å². The first-order valence-corrected chi connectivity index (χ1v) is 7.01. The molecular weight excluding hydrogens is 252 g/mol. The third-order valence-corrected chi connectivity index (χ3v) is 4.02. The van der Waals surface area contributed by atoms with Crippen molar-refractivity contribution in [3.63, 3.8) is 0 Å². The summed E-state index contributed by atoms with van der Waals surface area (Å²) >= 11 is 7.54. The summed E-state index contributed by atoms with van der Waals surface area (Å²) in [5, 5.41) is 0. The zero-order valence-corrected chi connectivity index (χ0v) is 11.5. The van der Waals surface area contributed by atoms with Gasteiger partial charge in [0, 0.05) is 23.3 Å². The van der Waals surface area contributed by atoms with E-state index in [2.05, 4.69) is 36.0 Å². The first kappa shape index (κ1) is 12.7. The Hall–Kier alpha value is -0.770. The Morgan fingerprint density at radius 3 is 2.88 bits per heavy atom. The Balaban J connectivity index is 1.98. The molecular formula is C13H17ClN2S. The minimum Gasteiger partial charge on any atom is -0.349 e. The third kappa shape index (κ3) is 3.60. The maximum Gasteiger partial charge on any atom is 0.0931 e. The van der Waals surface area contributed by atoms with E-state index in [1.807, 2.05) is 6.07 Å². The topological polar surface area (TPSA) is 30.9 Å². The minimum atomic E-state index is 0.266. The molecule has 1 unspecified atom stereocenters. The molecule has 2 nitrogen and oxygen atoms in total. The van der Waals surface area contributed by atoms with Crippen molar-refractivity contribution in [3.05, 3.63) is 45.4 Å². The van der Waals surface area contributed by atoms with E-state index in [0.29, 0.717) is 0 Å².